The lowest BCUT2D eigenvalue weighted by Crippen LogP contribution is -2.40. The zero-order valence-electron chi connectivity index (χ0n) is 11.2. The van der Waals surface area contributed by atoms with Gasteiger partial charge in [-0.1, -0.05) is 0 Å². The van der Waals surface area contributed by atoms with Crippen LogP contribution >= 0.6 is 11.6 Å². The average molecular weight is 275 g/mol. The van der Waals surface area contributed by atoms with E-state index in [1.54, 1.807) is 0 Å². The Hall–Kier alpha value is -0.940. The van der Waals surface area contributed by atoms with Crippen LogP contribution in [-0.2, 0) is 0 Å². The highest BCUT2D eigenvalue weighted by molar-refractivity contribution is 6.28. The van der Waals surface area contributed by atoms with Gasteiger partial charge in [-0.3, -0.25) is 4.90 Å². The topological polar surface area (TPSA) is 41.0 Å². The number of aromatic nitrogens is 2. The van der Waals surface area contributed by atoms with Crippen molar-refractivity contribution in [3.63, 3.8) is 0 Å². The molecule has 6 heteroatoms. The molecule has 0 fully saturated rings. The van der Waals surface area contributed by atoms with Crippen LogP contribution < -0.4 is 5.32 Å². The van der Waals surface area contributed by atoms with Crippen molar-refractivity contribution < 1.29 is 4.39 Å². The molecule has 0 unspecified atom stereocenters. The van der Waals surface area contributed by atoms with Gasteiger partial charge < -0.3 is 5.32 Å². The highest BCUT2D eigenvalue weighted by Gasteiger charge is 2.13. The van der Waals surface area contributed by atoms with E-state index in [9.17, 15) is 4.39 Å². The summed E-state index contributed by atoms with van der Waals surface area (Å²) in [6.07, 6.45) is 1.07. The highest BCUT2D eigenvalue weighted by Crippen LogP contribution is 2.12. The van der Waals surface area contributed by atoms with Crippen molar-refractivity contribution in [1.29, 1.82) is 0 Å². The van der Waals surface area contributed by atoms with Gasteiger partial charge in [-0.25, -0.2) is 9.37 Å². The molecule has 0 atom stereocenters. The molecular formula is C12H20ClFN4. The fourth-order valence-electron chi connectivity index (χ4n) is 1.89. The predicted octanol–water partition coefficient (Wildman–Crippen LogP) is 2.80. The molecule has 0 saturated heterocycles. The van der Waals surface area contributed by atoms with Crippen LogP contribution in [0.15, 0.2) is 6.20 Å². The van der Waals surface area contributed by atoms with Crippen LogP contribution in [-0.4, -0.2) is 40.0 Å². The molecule has 0 radical (unpaired) electrons. The minimum atomic E-state index is -0.486. The predicted molar refractivity (Wildman–Crippen MR) is 72.5 cm³/mol. The van der Waals surface area contributed by atoms with Crippen LogP contribution in [0, 0.1) is 5.82 Å². The second kappa shape index (κ2) is 6.85. The van der Waals surface area contributed by atoms with Crippen LogP contribution in [0.1, 0.15) is 27.7 Å². The van der Waals surface area contributed by atoms with Gasteiger partial charge in [0.05, 0.1) is 6.20 Å². The van der Waals surface area contributed by atoms with Crippen molar-refractivity contribution in [1.82, 2.24) is 14.9 Å². The van der Waals surface area contributed by atoms with Gasteiger partial charge in [0, 0.05) is 25.2 Å². The quantitative estimate of drug-likeness (QED) is 0.810. The number of halogens is 2. The molecule has 1 aromatic rings. The summed E-state index contributed by atoms with van der Waals surface area (Å²) >= 11 is 5.62. The largest absolute Gasteiger partial charge is 0.366 e. The van der Waals surface area contributed by atoms with Crippen LogP contribution in [0.5, 0.6) is 0 Å². The summed E-state index contributed by atoms with van der Waals surface area (Å²) < 4.78 is 13.4. The number of nitrogens with one attached hydrogen (secondary N) is 1. The molecule has 102 valence electrons. The maximum atomic E-state index is 13.4. The van der Waals surface area contributed by atoms with E-state index in [1.807, 2.05) is 0 Å². The van der Waals surface area contributed by atoms with Crippen LogP contribution in [0.4, 0.5) is 10.2 Å². The molecule has 0 aliphatic carbocycles. The Kier molecular flexibility index (Phi) is 5.75. The zero-order valence-corrected chi connectivity index (χ0v) is 12.0. The summed E-state index contributed by atoms with van der Waals surface area (Å²) in [4.78, 5) is 9.69. The van der Waals surface area contributed by atoms with Gasteiger partial charge in [0.15, 0.2) is 11.6 Å². The highest BCUT2D eigenvalue weighted by atomic mass is 35.5. The molecule has 0 bridgehead atoms. The Balaban J connectivity index is 2.52. The summed E-state index contributed by atoms with van der Waals surface area (Å²) in [6, 6.07) is 0.899. The lowest BCUT2D eigenvalue weighted by Gasteiger charge is -2.30. The summed E-state index contributed by atoms with van der Waals surface area (Å²) in [6.45, 7) is 9.99. The van der Waals surface area contributed by atoms with Crippen molar-refractivity contribution in [2.45, 2.75) is 39.8 Å². The third-order valence-electron chi connectivity index (χ3n) is 2.70. The van der Waals surface area contributed by atoms with Crippen molar-refractivity contribution >= 4 is 17.4 Å². The summed E-state index contributed by atoms with van der Waals surface area (Å²) in [5.41, 5.74) is 0. The molecular weight excluding hydrogens is 255 g/mol. The molecule has 0 aliphatic rings. The minimum Gasteiger partial charge on any atom is -0.366 e. The minimum absolute atomic E-state index is 0.0449. The SMILES string of the molecule is CC(C)N(CCNc1nc(Cl)ncc1F)C(C)C. The number of hydrogen-bond acceptors (Lipinski definition) is 4. The molecule has 1 heterocycles. The summed E-state index contributed by atoms with van der Waals surface area (Å²) in [7, 11) is 0. The molecule has 0 spiro atoms. The molecule has 1 N–H and O–H groups in total. The van der Waals surface area contributed by atoms with E-state index in [1.165, 1.54) is 0 Å². The third-order valence-corrected chi connectivity index (χ3v) is 2.89. The first-order valence-electron chi connectivity index (χ1n) is 6.09. The Morgan fingerprint density at radius 3 is 2.50 bits per heavy atom. The van der Waals surface area contributed by atoms with Crippen molar-refractivity contribution in [2.75, 3.05) is 18.4 Å². The van der Waals surface area contributed by atoms with Crippen LogP contribution in [0.25, 0.3) is 0 Å². The van der Waals surface area contributed by atoms with Gasteiger partial charge in [0.25, 0.3) is 0 Å². The third kappa shape index (κ3) is 4.38. The molecule has 1 rings (SSSR count). The zero-order chi connectivity index (χ0) is 13.7. The van der Waals surface area contributed by atoms with Gasteiger partial charge in [0.1, 0.15) is 0 Å². The van der Waals surface area contributed by atoms with Crippen LogP contribution in [0.3, 0.4) is 0 Å². The summed E-state index contributed by atoms with van der Waals surface area (Å²) in [5.74, 6) is -0.331. The van der Waals surface area contributed by atoms with E-state index in [2.05, 4.69) is 47.9 Å². The van der Waals surface area contributed by atoms with Crippen molar-refractivity contribution in [3.05, 3.63) is 17.3 Å². The van der Waals surface area contributed by atoms with Gasteiger partial charge in [0.2, 0.25) is 5.28 Å². The van der Waals surface area contributed by atoms with Gasteiger partial charge in [-0.15, -0.1) is 0 Å². The molecule has 4 nitrogen and oxygen atoms in total. The maximum absolute atomic E-state index is 13.4. The van der Waals surface area contributed by atoms with Crippen LogP contribution in [0.2, 0.25) is 5.28 Å². The molecule has 18 heavy (non-hydrogen) atoms. The van der Waals surface area contributed by atoms with E-state index >= 15 is 0 Å². The second-order valence-corrected chi connectivity index (χ2v) is 5.03. The maximum Gasteiger partial charge on any atom is 0.224 e. The Labute approximate surface area is 113 Å². The molecule has 0 aromatic carbocycles. The Morgan fingerprint density at radius 1 is 1.33 bits per heavy atom. The number of nitrogens with zero attached hydrogens (tertiary/aromatic N) is 3. The first-order valence-corrected chi connectivity index (χ1v) is 6.47. The first kappa shape index (κ1) is 15.1. The Bertz CT molecular complexity index is 376. The van der Waals surface area contributed by atoms with E-state index in [-0.39, 0.29) is 11.1 Å². The lowest BCUT2D eigenvalue weighted by atomic mass is 10.2. The van der Waals surface area contributed by atoms with E-state index in [0.717, 1.165) is 12.7 Å². The molecule has 0 aliphatic heterocycles. The van der Waals surface area contributed by atoms with Gasteiger partial charge in [-0.2, -0.15) is 4.98 Å². The molecule has 0 amide bonds. The lowest BCUT2D eigenvalue weighted by molar-refractivity contribution is 0.182. The molecule has 1 aromatic heterocycles. The monoisotopic (exact) mass is 274 g/mol. The van der Waals surface area contributed by atoms with Crippen molar-refractivity contribution in [3.8, 4) is 0 Å². The first-order chi connectivity index (χ1) is 8.41. The fraction of sp³-hybridized carbons (Fsp3) is 0.667. The van der Waals surface area contributed by atoms with Gasteiger partial charge >= 0.3 is 0 Å². The molecule has 0 saturated carbocycles. The van der Waals surface area contributed by atoms with E-state index in [4.69, 9.17) is 11.6 Å². The van der Waals surface area contributed by atoms with Crippen molar-refractivity contribution in [2.24, 2.45) is 0 Å². The smallest absolute Gasteiger partial charge is 0.224 e. The van der Waals surface area contributed by atoms with E-state index < -0.39 is 5.82 Å². The second-order valence-electron chi connectivity index (χ2n) is 4.69. The number of hydrogen-bond donors (Lipinski definition) is 1. The van der Waals surface area contributed by atoms with Gasteiger partial charge in [-0.05, 0) is 39.3 Å². The number of anilines is 1. The van der Waals surface area contributed by atoms with E-state index in [0.29, 0.717) is 18.6 Å². The fourth-order valence-corrected chi connectivity index (χ4v) is 2.02. The number of rotatable bonds is 6. The Morgan fingerprint density at radius 2 is 1.94 bits per heavy atom. The normalized spacial score (nSPS) is 11.6. The summed E-state index contributed by atoms with van der Waals surface area (Å²) in [5, 5.41) is 2.99. The average Bonchev–Trinajstić information content (AvgIpc) is 2.27. The standard InChI is InChI=1S/C12H20ClFN4/c1-8(2)18(9(3)4)6-5-15-11-10(14)7-16-12(13)17-11/h7-9H,5-6H2,1-4H3,(H,15,16,17).